The Morgan fingerprint density at radius 3 is 2.00 bits per heavy atom. The molecule has 0 bridgehead atoms. The van der Waals surface area contributed by atoms with Crippen LogP contribution in [-0.2, 0) is 0 Å². The Bertz CT molecular complexity index is 2740. The summed E-state index contributed by atoms with van der Waals surface area (Å²) < 4.78 is 9.03. The van der Waals surface area contributed by atoms with Gasteiger partial charge < -0.3 is 14.0 Å². The van der Waals surface area contributed by atoms with Crippen LogP contribution in [0.2, 0.25) is 0 Å². The number of nitrogens with zero attached hydrogens (tertiary/aromatic N) is 1. The van der Waals surface area contributed by atoms with E-state index in [1.165, 1.54) is 43.7 Å². The second kappa shape index (κ2) is 9.22. The van der Waals surface area contributed by atoms with Crippen LogP contribution >= 0.6 is 0 Å². The summed E-state index contributed by atoms with van der Waals surface area (Å²) in [5, 5.41) is 7.16. The molecule has 3 aromatic heterocycles. The third-order valence-corrected chi connectivity index (χ3v) is 9.34. The third-order valence-electron chi connectivity index (χ3n) is 9.34. The van der Waals surface area contributed by atoms with Gasteiger partial charge in [-0.2, -0.15) is 0 Å². The molecule has 3 heteroatoms. The van der Waals surface area contributed by atoms with Crippen molar-refractivity contribution >= 4 is 65.6 Å². The van der Waals surface area contributed by atoms with E-state index in [4.69, 9.17) is 4.42 Å². The fraction of sp³-hybridized carbons (Fsp3) is 0. The van der Waals surface area contributed by atoms with E-state index in [2.05, 4.69) is 155 Å². The summed E-state index contributed by atoms with van der Waals surface area (Å²) in [4.78, 5) is 3.78. The minimum Gasteiger partial charge on any atom is -0.455 e. The van der Waals surface area contributed by atoms with E-state index in [-0.39, 0.29) is 0 Å². The molecule has 7 aromatic carbocycles. The van der Waals surface area contributed by atoms with Gasteiger partial charge >= 0.3 is 0 Å². The fourth-order valence-corrected chi connectivity index (χ4v) is 7.27. The van der Waals surface area contributed by atoms with Crippen molar-refractivity contribution in [2.75, 3.05) is 0 Å². The first-order valence-corrected chi connectivity index (χ1v) is 15.4. The maximum Gasteiger partial charge on any atom is 0.143 e. The van der Waals surface area contributed by atoms with Crippen LogP contribution in [0.4, 0.5) is 0 Å². The van der Waals surface area contributed by atoms with E-state index in [0.717, 1.165) is 49.8 Å². The van der Waals surface area contributed by atoms with Gasteiger partial charge in [-0.05, 0) is 47.0 Å². The van der Waals surface area contributed by atoms with Crippen LogP contribution in [-0.4, -0.2) is 9.55 Å². The topological polar surface area (TPSA) is 33.9 Å². The molecule has 10 rings (SSSR count). The van der Waals surface area contributed by atoms with E-state index in [1.54, 1.807) is 0 Å². The molecule has 45 heavy (non-hydrogen) atoms. The first-order valence-electron chi connectivity index (χ1n) is 15.4. The van der Waals surface area contributed by atoms with Crippen molar-refractivity contribution < 1.29 is 4.42 Å². The lowest BCUT2D eigenvalue weighted by atomic mass is 9.98. The van der Waals surface area contributed by atoms with E-state index < -0.39 is 0 Å². The van der Waals surface area contributed by atoms with Gasteiger partial charge in [0.25, 0.3) is 0 Å². The van der Waals surface area contributed by atoms with Crippen molar-refractivity contribution in [3.8, 4) is 27.9 Å². The Morgan fingerprint density at radius 1 is 0.467 bits per heavy atom. The van der Waals surface area contributed by atoms with Gasteiger partial charge in [-0.15, -0.1) is 0 Å². The molecule has 210 valence electrons. The summed E-state index contributed by atoms with van der Waals surface area (Å²) in [6, 6.07) is 54.2. The molecule has 0 amide bonds. The van der Waals surface area contributed by atoms with Gasteiger partial charge in [0.2, 0.25) is 0 Å². The standard InChI is InChI=1S/C42H26N2O/c1-2-10-26(11-3-1)27-18-20-28(21-19-27)35-24-29(25-36-32-14-6-9-17-39(32)45-42(35)36)44-38-16-8-5-13-31(38)34-23-22-33-30-12-4-7-15-37(30)43-40(33)41(34)44/h1-25,43H. The van der Waals surface area contributed by atoms with Crippen molar-refractivity contribution in [3.63, 3.8) is 0 Å². The molecule has 0 atom stereocenters. The van der Waals surface area contributed by atoms with Crippen molar-refractivity contribution in [2.45, 2.75) is 0 Å². The highest BCUT2D eigenvalue weighted by atomic mass is 16.3. The first kappa shape index (κ1) is 24.4. The number of aromatic amines is 1. The number of hydrogen-bond donors (Lipinski definition) is 1. The SMILES string of the molecule is c1ccc(-c2ccc(-c3cc(-n4c5ccccc5c5ccc6c7ccccc7[nH]c6c54)cc4c3oc3ccccc34)cc2)cc1. The van der Waals surface area contributed by atoms with Crippen LogP contribution < -0.4 is 0 Å². The predicted molar refractivity (Wildman–Crippen MR) is 188 cm³/mol. The summed E-state index contributed by atoms with van der Waals surface area (Å²) in [5.41, 5.74) is 12.2. The molecule has 1 N–H and O–H groups in total. The van der Waals surface area contributed by atoms with Crippen LogP contribution in [0.15, 0.2) is 156 Å². The van der Waals surface area contributed by atoms with E-state index in [1.807, 2.05) is 6.07 Å². The highest BCUT2D eigenvalue weighted by Gasteiger charge is 2.20. The van der Waals surface area contributed by atoms with Gasteiger partial charge in [-0.3, -0.25) is 0 Å². The Labute approximate surface area is 258 Å². The van der Waals surface area contributed by atoms with Crippen molar-refractivity contribution in [2.24, 2.45) is 0 Å². The minimum atomic E-state index is 0.895. The highest BCUT2D eigenvalue weighted by molar-refractivity contribution is 6.23. The van der Waals surface area contributed by atoms with Crippen LogP contribution in [0, 0.1) is 0 Å². The summed E-state index contributed by atoms with van der Waals surface area (Å²) in [6.45, 7) is 0. The van der Waals surface area contributed by atoms with E-state index >= 15 is 0 Å². The van der Waals surface area contributed by atoms with E-state index in [9.17, 15) is 0 Å². The predicted octanol–water partition coefficient (Wildman–Crippen LogP) is 11.7. The first-order chi connectivity index (χ1) is 22.3. The average Bonchev–Trinajstić information content (AvgIpc) is 3.78. The summed E-state index contributed by atoms with van der Waals surface area (Å²) >= 11 is 0. The number of fused-ring (bicyclic) bond motifs is 10. The molecular weight excluding hydrogens is 548 g/mol. The lowest BCUT2D eigenvalue weighted by molar-refractivity contribution is 0.670. The van der Waals surface area contributed by atoms with Crippen molar-refractivity contribution in [3.05, 3.63) is 152 Å². The number of H-pyrrole nitrogens is 1. The van der Waals surface area contributed by atoms with Gasteiger partial charge in [0.1, 0.15) is 11.2 Å². The molecule has 0 saturated heterocycles. The number of hydrogen-bond acceptors (Lipinski definition) is 1. The van der Waals surface area contributed by atoms with Crippen molar-refractivity contribution in [1.29, 1.82) is 0 Å². The molecule has 0 unspecified atom stereocenters. The molecule has 0 aliphatic rings. The number of nitrogens with one attached hydrogen (secondary N) is 1. The zero-order valence-corrected chi connectivity index (χ0v) is 24.3. The number of benzene rings is 7. The molecule has 0 saturated carbocycles. The van der Waals surface area contributed by atoms with Gasteiger partial charge in [0, 0.05) is 49.1 Å². The molecule has 0 spiro atoms. The average molecular weight is 575 g/mol. The zero-order chi connectivity index (χ0) is 29.5. The van der Waals surface area contributed by atoms with Crippen LogP contribution in [0.1, 0.15) is 0 Å². The second-order valence-electron chi connectivity index (χ2n) is 11.8. The summed E-state index contributed by atoms with van der Waals surface area (Å²) in [7, 11) is 0. The Hall–Kier alpha value is -6.06. The maximum atomic E-state index is 6.59. The number of furan rings is 1. The molecule has 0 radical (unpaired) electrons. The largest absolute Gasteiger partial charge is 0.455 e. The Balaban J connectivity index is 1.31. The monoisotopic (exact) mass is 574 g/mol. The highest BCUT2D eigenvalue weighted by Crippen LogP contribution is 2.42. The lowest BCUT2D eigenvalue weighted by Crippen LogP contribution is -1.96. The zero-order valence-electron chi connectivity index (χ0n) is 24.3. The molecule has 0 fully saturated rings. The van der Waals surface area contributed by atoms with Crippen LogP contribution in [0.5, 0.6) is 0 Å². The quantitative estimate of drug-likeness (QED) is 0.224. The minimum absolute atomic E-state index is 0.895. The molecule has 10 aromatic rings. The van der Waals surface area contributed by atoms with Crippen LogP contribution in [0.3, 0.4) is 0 Å². The normalized spacial score (nSPS) is 12.0. The van der Waals surface area contributed by atoms with E-state index in [0.29, 0.717) is 0 Å². The Kier molecular flexibility index (Phi) is 5.00. The van der Waals surface area contributed by atoms with Gasteiger partial charge in [0.05, 0.1) is 16.6 Å². The molecule has 3 nitrogen and oxygen atoms in total. The number of para-hydroxylation sites is 3. The molecular formula is C42H26N2O. The van der Waals surface area contributed by atoms with Gasteiger partial charge in [-0.1, -0.05) is 121 Å². The maximum absolute atomic E-state index is 6.59. The van der Waals surface area contributed by atoms with Crippen molar-refractivity contribution in [1.82, 2.24) is 9.55 Å². The summed E-state index contributed by atoms with van der Waals surface area (Å²) in [5.74, 6) is 0. The Morgan fingerprint density at radius 2 is 1.13 bits per heavy atom. The van der Waals surface area contributed by atoms with Gasteiger partial charge in [-0.25, -0.2) is 0 Å². The summed E-state index contributed by atoms with van der Waals surface area (Å²) in [6.07, 6.45) is 0. The smallest absolute Gasteiger partial charge is 0.143 e. The van der Waals surface area contributed by atoms with Gasteiger partial charge in [0.15, 0.2) is 0 Å². The molecule has 3 heterocycles. The fourth-order valence-electron chi connectivity index (χ4n) is 7.27. The number of aromatic nitrogens is 2. The molecule has 0 aliphatic heterocycles. The number of rotatable bonds is 3. The second-order valence-corrected chi connectivity index (χ2v) is 11.8. The third kappa shape index (κ3) is 3.52. The lowest BCUT2D eigenvalue weighted by Gasteiger charge is -2.13. The van der Waals surface area contributed by atoms with Crippen LogP contribution in [0.25, 0.3) is 93.5 Å². The molecule has 0 aliphatic carbocycles.